The second-order valence-corrected chi connectivity index (χ2v) is 3.59. The van der Waals surface area contributed by atoms with Crippen LogP contribution in [0, 0.1) is 0 Å². The summed E-state index contributed by atoms with van der Waals surface area (Å²) in [5.74, 6) is -0.970. The van der Waals surface area contributed by atoms with Gasteiger partial charge in [0.2, 0.25) is 5.91 Å². The molecule has 0 aliphatic rings. The fourth-order valence-electron chi connectivity index (χ4n) is 1.15. The maximum atomic E-state index is 12.5. The van der Waals surface area contributed by atoms with E-state index in [0.29, 0.717) is 6.07 Å². The quantitative estimate of drug-likeness (QED) is 0.706. The summed E-state index contributed by atoms with van der Waals surface area (Å²) in [6.45, 7) is 0. The van der Waals surface area contributed by atoms with E-state index in [-0.39, 0.29) is 16.4 Å². The summed E-state index contributed by atoms with van der Waals surface area (Å²) >= 11 is 4.49. The highest BCUT2D eigenvalue weighted by molar-refractivity contribution is 7.80. The Kier molecular flexibility index (Phi) is 3.56. The van der Waals surface area contributed by atoms with Crippen LogP contribution in [0.4, 0.5) is 18.9 Å². The zero-order chi connectivity index (χ0) is 13.2. The number of carbonyl (C=O) groups excluding carboxylic acids is 1. The van der Waals surface area contributed by atoms with Crippen LogP contribution in [0.1, 0.15) is 15.9 Å². The molecule has 0 radical (unpaired) electrons. The third-order valence-corrected chi connectivity index (χ3v) is 1.91. The SMILES string of the molecule is NC(=O)c1cc(NC(N)=S)cc(C(F)(F)F)c1. The first-order valence-corrected chi connectivity index (χ1v) is 4.69. The smallest absolute Gasteiger partial charge is 0.376 e. The van der Waals surface area contributed by atoms with Crippen LogP contribution in [-0.2, 0) is 6.18 Å². The Hall–Kier alpha value is -1.83. The molecule has 0 bridgehead atoms. The lowest BCUT2D eigenvalue weighted by Gasteiger charge is -2.11. The lowest BCUT2D eigenvalue weighted by atomic mass is 10.1. The summed E-state index contributed by atoms with van der Waals surface area (Å²) in [7, 11) is 0. The van der Waals surface area contributed by atoms with Crippen molar-refractivity contribution in [3.63, 3.8) is 0 Å². The van der Waals surface area contributed by atoms with E-state index >= 15 is 0 Å². The van der Waals surface area contributed by atoms with Gasteiger partial charge in [-0.05, 0) is 30.4 Å². The molecular weight excluding hydrogens is 255 g/mol. The summed E-state index contributed by atoms with van der Waals surface area (Å²) in [6.07, 6.45) is -4.59. The van der Waals surface area contributed by atoms with Crippen molar-refractivity contribution in [2.24, 2.45) is 11.5 Å². The van der Waals surface area contributed by atoms with Gasteiger partial charge in [-0.25, -0.2) is 0 Å². The fourth-order valence-corrected chi connectivity index (χ4v) is 1.27. The van der Waals surface area contributed by atoms with Crippen LogP contribution in [0.25, 0.3) is 0 Å². The minimum atomic E-state index is -4.59. The molecule has 0 heterocycles. The second-order valence-electron chi connectivity index (χ2n) is 3.15. The Bertz CT molecular complexity index is 473. The third kappa shape index (κ3) is 3.59. The van der Waals surface area contributed by atoms with E-state index in [0.717, 1.165) is 12.1 Å². The molecule has 92 valence electrons. The standard InChI is InChI=1S/C9H8F3N3OS/c10-9(11,12)5-1-4(7(13)16)2-6(3-5)15-8(14)17/h1-3H,(H2,13,16)(H3,14,15,17). The largest absolute Gasteiger partial charge is 0.416 e. The van der Waals surface area contributed by atoms with Crippen molar-refractivity contribution in [1.29, 1.82) is 0 Å². The number of thiocarbonyl (C=S) groups is 1. The van der Waals surface area contributed by atoms with E-state index in [9.17, 15) is 18.0 Å². The molecule has 0 unspecified atom stereocenters. The Labute approximate surface area is 99.8 Å². The first kappa shape index (κ1) is 13.2. The van der Waals surface area contributed by atoms with Crippen LogP contribution >= 0.6 is 12.2 Å². The Balaban J connectivity index is 3.28. The number of primary amides is 1. The summed E-state index contributed by atoms with van der Waals surface area (Å²) in [4.78, 5) is 10.9. The molecular formula is C9H8F3N3OS. The van der Waals surface area contributed by atoms with Crippen molar-refractivity contribution >= 4 is 28.9 Å². The highest BCUT2D eigenvalue weighted by atomic mass is 32.1. The molecule has 0 aliphatic carbocycles. The van der Waals surface area contributed by atoms with Gasteiger partial charge >= 0.3 is 6.18 Å². The fraction of sp³-hybridized carbons (Fsp3) is 0.111. The second kappa shape index (κ2) is 4.58. The van der Waals surface area contributed by atoms with E-state index in [1.165, 1.54) is 0 Å². The van der Waals surface area contributed by atoms with Gasteiger partial charge in [-0.3, -0.25) is 4.79 Å². The molecule has 5 N–H and O–H groups in total. The van der Waals surface area contributed by atoms with Crippen LogP contribution in [0.3, 0.4) is 0 Å². The van der Waals surface area contributed by atoms with Crippen molar-refractivity contribution in [2.45, 2.75) is 6.18 Å². The first-order chi connectivity index (χ1) is 7.70. The third-order valence-electron chi connectivity index (χ3n) is 1.81. The molecule has 0 fully saturated rings. The van der Waals surface area contributed by atoms with Gasteiger partial charge < -0.3 is 16.8 Å². The molecule has 0 saturated heterocycles. The van der Waals surface area contributed by atoms with E-state index in [2.05, 4.69) is 17.5 Å². The Morgan fingerprint density at radius 2 is 1.82 bits per heavy atom. The molecule has 1 amide bonds. The molecule has 0 aliphatic heterocycles. The monoisotopic (exact) mass is 263 g/mol. The van der Waals surface area contributed by atoms with Crippen LogP contribution < -0.4 is 16.8 Å². The van der Waals surface area contributed by atoms with Gasteiger partial charge in [-0.1, -0.05) is 0 Å². The predicted molar refractivity (Wildman–Crippen MR) is 60.4 cm³/mol. The number of amides is 1. The topological polar surface area (TPSA) is 81.1 Å². The molecule has 4 nitrogen and oxygen atoms in total. The summed E-state index contributed by atoms with van der Waals surface area (Å²) in [5.41, 5.74) is 8.73. The number of carbonyl (C=O) groups is 1. The van der Waals surface area contributed by atoms with Gasteiger partial charge in [0.05, 0.1) is 5.56 Å². The number of alkyl halides is 3. The van der Waals surface area contributed by atoms with Gasteiger partial charge in [0.1, 0.15) is 0 Å². The highest BCUT2D eigenvalue weighted by Crippen LogP contribution is 2.31. The molecule has 0 saturated carbocycles. The van der Waals surface area contributed by atoms with E-state index in [4.69, 9.17) is 11.5 Å². The van der Waals surface area contributed by atoms with Crippen LogP contribution in [0.2, 0.25) is 0 Å². The highest BCUT2D eigenvalue weighted by Gasteiger charge is 2.31. The minimum absolute atomic E-state index is 0.0406. The molecule has 0 atom stereocenters. The van der Waals surface area contributed by atoms with Crippen molar-refractivity contribution < 1.29 is 18.0 Å². The van der Waals surface area contributed by atoms with E-state index in [1.54, 1.807) is 0 Å². The molecule has 1 rings (SSSR count). The Morgan fingerprint density at radius 1 is 1.24 bits per heavy atom. The maximum absolute atomic E-state index is 12.5. The normalized spacial score (nSPS) is 11.0. The van der Waals surface area contributed by atoms with Gasteiger partial charge in [0, 0.05) is 11.3 Å². The molecule has 1 aromatic carbocycles. The zero-order valence-corrected chi connectivity index (χ0v) is 9.15. The van der Waals surface area contributed by atoms with Crippen LogP contribution in [-0.4, -0.2) is 11.0 Å². The van der Waals surface area contributed by atoms with Crippen LogP contribution in [0.5, 0.6) is 0 Å². The molecule has 17 heavy (non-hydrogen) atoms. The van der Waals surface area contributed by atoms with E-state index < -0.39 is 17.6 Å². The maximum Gasteiger partial charge on any atom is 0.416 e. The number of rotatable bonds is 2. The first-order valence-electron chi connectivity index (χ1n) is 4.28. The zero-order valence-electron chi connectivity index (χ0n) is 8.34. The summed E-state index contributed by atoms with van der Waals surface area (Å²) in [5, 5.41) is 2.11. The number of halogens is 3. The van der Waals surface area contributed by atoms with Gasteiger partial charge in [0.15, 0.2) is 5.11 Å². The average Bonchev–Trinajstić information content (AvgIpc) is 2.14. The van der Waals surface area contributed by atoms with Gasteiger partial charge in [-0.2, -0.15) is 13.2 Å². The van der Waals surface area contributed by atoms with Crippen molar-refractivity contribution in [3.05, 3.63) is 29.3 Å². The number of anilines is 1. The van der Waals surface area contributed by atoms with Gasteiger partial charge in [0.25, 0.3) is 0 Å². The number of hydrogen-bond donors (Lipinski definition) is 3. The van der Waals surface area contributed by atoms with Crippen molar-refractivity contribution in [3.8, 4) is 0 Å². The molecule has 0 aromatic heterocycles. The van der Waals surface area contributed by atoms with Crippen LogP contribution in [0.15, 0.2) is 18.2 Å². The predicted octanol–water partition coefficient (Wildman–Crippen LogP) is 1.46. The summed E-state index contributed by atoms with van der Waals surface area (Å²) in [6, 6.07) is 2.58. The number of nitrogens with two attached hydrogens (primary N) is 2. The molecule has 0 spiro atoms. The molecule has 1 aromatic rings. The van der Waals surface area contributed by atoms with Gasteiger partial charge in [-0.15, -0.1) is 0 Å². The molecule has 8 heteroatoms. The average molecular weight is 263 g/mol. The Morgan fingerprint density at radius 3 is 2.24 bits per heavy atom. The van der Waals surface area contributed by atoms with E-state index in [1.807, 2.05) is 0 Å². The van der Waals surface area contributed by atoms with Crippen molar-refractivity contribution in [1.82, 2.24) is 0 Å². The number of hydrogen-bond acceptors (Lipinski definition) is 2. The number of benzene rings is 1. The minimum Gasteiger partial charge on any atom is -0.376 e. The lowest BCUT2D eigenvalue weighted by Crippen LogP contribution is -2.20. The van der Waals surface area contributed by atoms with Crippen molar-refractivity contribution in [2.75, 3.05) is 5.32 Å². The number of nitrogens with one attached hydrogen (secondary N) is 1. The summed E-state index contributed by atoms with van der Waals surface area (Å²) < 4.78 is 37.5. The lowest BCUT2D eigenvalue weighted by molar-refractivity contribution is -0.137.